The molecule has 0 bridgehead atoms. The summed E-state index contributed by atoms with van der Waals surface area (Å²) in [6.45, 7) is 0. The molecule has 0 aromatic heterocycles. The quantitative estimate of drug-likeness (QED) is 0.704. The highest BCUT2D eigenvalue weighted by Crippen LogP contribution is 2.38. The molecule has 2 aromatic carbocycles. The van der Waals surface area contributed by atoms with Crippen LogP contribution < -0.4 is 4.90 Å². The van der Waals surface area contributed by atoms with Crippen LogP contribution in [0.15, 0.2) is 46.9 Å². The maximum absolute atomic E-state index is 13.0. The van der Waals surface area contributed by atoms with E-state index in [-0.39, 0.29) is 21.3 Å². The van der Waals surface area contributed by atoms with E-state index in [1.165, 1.54) is 24.3 Å². The average molecular weight is 370 g/mol. The Morgan fingerprint density at radius 3 is 1.95 bits per heavy atom. The molecule has 1 heterocycles. The molecule has 0 saturated carbocycles. The van der Waals surface area contributed by atoms with Crippen molar-refractivity contribution in [3.8, 4) is 0 Å². The Bertz CT molecular complexity index is 767. The monoisotopic (exact) mass is 369 g/mol. The number of fused-ring (bicyclic) bond motifs is 1. The zero-order valence-corrected chi connectivity index (χ0v) is 12.4. The van der Waals surface area contributed by atoms with Crippen LogP contribution in [0.3, 0.4) is 0 Å². The van der Waals surface area contributed by atoms with Crippen molar-refractivity contribution in [2.45, 2.75) is 6.18 Å². The third-order valence-electron chi connectivity index (χ3n) is 3.31. The van der Waals surface area contributed by atoms with Crippen molar-refractivity contribution in [2.24, 2.45) is 0 Å². The van der Waals surface area contributed by atoms with E-state index in [9.17, 15) is 22.8 Å². The minimum Gasteiger partial charge on any atom is -0.268 e. The number of hydrogen-bond donors (Lipinski definition) is 0. The van der Waals surface area contributed by atoms with Gasteiger partial charge in [0.15, 0.2) is 0 Å². The molecule has 0 spiro atoms. The molecular formula is C15H7BrF3NO2. The molecule has 0 atom stereocenters. The summed E-state index contributed by atoms with van der Waals surface area (Å²) in [6.07, 6.45) is -4.59. The Hall–Kier alpha value is -2.15. The fourth-order valence-corrected chi connectivity index (χ4v) is 2.76. The third-order valence-corrected chi connectivity index (χ3v) is 4.00. The Labute approximate surface area is 131 Å². The summed E-state index contributed by atoms with van der Waals surface area (Å²) in [6, 6.07) is 9.37. The molecule has 22 heavy (non-hydrogen) atoms. The van der Waals surface area contributed by atoms with Crippen LogP contribution in [0, 0.1) is 0 Å². The van der Waals surface area contributed by atoms with Gasteiger partial charge < -0.3 is 0 Å². The van der Waals surface area contributed by atoms with Crippen LogP contribution in [0.25, 0.3) is 0 Å². The normalized spacial score (nSPS) is 14.5. The fourth-order valence-electron chi connectivity index (χ4n) is 2.29. The van der Waals surface area contributed by atoms with E-state index in [1.54, 1.807) is 12.1 Å². The highest BCUT2D eigenvalue weighted by atomic mass is 79.9. The number of rotatable bonds is 1. The molecule has 1 aliphatic rings. The number of alkyl halides is 3. The first-order chi connectivity index (χ1) is 10.3. The molecule has 2 aromatic rings. The Morgan fingerprint density at radius 1 is 0.909 bits per heavy atom. The maximum atomic E-state index is 13.0. The minimum absolute atomic E-state index is 0.110. The summed E-state index contributed by atoms with van der Waals surface area (Å²) >= 11 is 2.82. The number of amides is 2. The van der Waals surface area contributed by atoms with Crippen LogP contribution in [0.5, 0.6) is 0 Å². The van der Waals surface area contributed by atoms with Gasteiger partial charge in [-0.2, -0.15) is 13.2 Å². The van der Waals surface area contributed by atoms with Crippen molar-refractivity contribution >= 4 is 33.4 Å². The van der Waals surface area contributed by atoms with Crippen LogP contribution in [0.1, 0.15) is 26.3 Å². The van der Waals surface area contributed by atoms with Crippen LogP contribution in [-0.4, -0.2) is 11.8 Å². The second-order valence-electron chi connectivity index (χ2n) is 4.65. The largest absolute Gasteiger partial charge is 0.417 e. The van der Waals surface area contributed by atoms with Crippen molar-refractivity contribution in [3.63, 3.8) is 0 Å². The third kappa shape index (κ3) is 2.21. The SMILES string of the molecule is O=C1c2ccccc2C(=O)N1c1ccc(Br)c(C(F)(F)F)c1. The number of carbonyl (C=O) groups is 2. The van der Waals surface area contributed by atoms with Gasteiger partial charge in [-0.1, -0.05) is 28.1 Å². The first-order valence-electron chi connectivity index (χ1n) is 6.15. The van der Waals surface area contributed by atoms with Gasteiger partial charge in [0.05, 0.1) is 22.4 Å². The Kier molecular flexibility index (Phi) is 3.32. The molecule has 2 amide bonds. The van der Waals surface area contributed by atoms with Crippen molar-refractivity contribution in [3.05, 3.63) is 63.6 Å². The van der Waals surface area contributed by atoms with E-state index >= 15 is 0 Å². The second-order valence-corrected chi connectivity index (χ2v) is 5.51. The molecule has 3 nitrogen and oxygen atoms in total. The minimum atomic E-state index is -4.59. The Balaban J connectivity index is 2.11. The number of halogens is 4. The summed E-state index contributed by atoms with van der Waals surface area (Å²) in [5, 5.41) is 0. The molecule has 7 heteroatoms. The maximum Gasteiger partial charge on any atom is 0.417 e. The molecule has 0 aliphatic carbocycles. The summed E-state index contributed by atoms with van der Waals surface area (Å²) in [4.78, 5) is 25.3. The molecular weight excluding hydrogens is 363 g/mol. The molecule has 0 unspecified atom stereocenters. The second kappa shape index (κ2) is 4.95. The van der Waals surface area contributed by atoms with Gasteiger partial charge in [0.2, 0.25) is 0 Å². The number of imide groups is 1. The zero-order chi connectivity index (χ0) is 16.1. The zero-order valence-electron chi connectivity index (χ0n) is 10.8. The molecule has 3 rings (SSSR count). The standard InChI is InChI=1S/C15H7BrF3NO2/c16-12-6-5-8(7-11(12)15(17,18)19)20-13(21)9-3-1-2-4-10(9)14(20)22/h1-7H. The van der Waals surface area contributed by atoms with Gasteiger partial charge >= 0.3 is 6.18 Å². The van der Waals surface area contributed by atoms with E-state index in [0.717, 1.165) is 11.0 Å². The van der Waals surface area contributed by atoms with Crippen molar-refractivity contribution in [1.82, 2.24) is 0 Å². The summed E-state index contributed by atoms with van der Waals surface area (Å²) in [5.41, 5.74) is -0.684. The number of carbonyl (C=O) groups excluding carboxylic acids is 2. The Morgan fingerprint density at radius 2 is 1.45 bits per heavy atom. The van der Waals surface area contributed by atoms with Gasteiger partial charge in [0.25, 0.3) is 11.8 Å². The van der Waals surface area contributed by atoms with Crippen molar-refractivity contribution in [1.29, 1.82) is 0 Å². The van der Waals surface area contributed by atoms with E-state index < -0.39 is 23.6 Å². The lowest BCUT2D eigenvalue weighted by Crippen LogP contribution is -2.29. The van der Waals surface area contributed by atoms with E-state index in [2.05, 4.69) is 15.9 Å². The molecule has 0 fully saturated rings. The number of hydrogen-bond acceptors (Lipinski definition) is 2. The number of anilines is 1. The predicted octanol–water partition coefficient (Wildman–Crippen LogP) is 4.27. The lowest BCUT2D eigenvalue weighted by atomic mass is 10.1. The van der Waals surface area contributed by atoms with E-state index in [4.69, 9.17) is 0 Å². The van der Waals surface area contributed by atoms with Crippen molar-refractivity contribution in [2.75, 3.05) is 4.90 Å². The molecule has 0 saturated heterocycles. The molecule has 0 radical (unpaired) electrons. The first-order valence-corrected chi connectivity index (χ1v) is 6.94. The first kappa shape index (κ1) is 14.8. The van der Waals surface area contributed by atoms with Gasteiger partial charge in [-0.25, -0.2) is 4.90 Å². The summed E-state index contributed by atoms with van der Waals surface area (Å²) in [7, 11) is 0. The van der Waals surface area contributed by atoms with Crippen LogP contribution in [-0.2, 0) is 6.18 Å². The lowest BCUT2D eigenvalue weighted by molar-refractivity contribution is -0.138. The molecule has 0 N–H and O–H groups in total. The fraction of sp³-hybridized carbons (Fsp3) is 0.0667. The van der Waals surface area contributed by atoms with Crippen LogP contribution >= 0.6 is 15.9 Å². The van der Waals surface area contributed by atoms with Gasteiger partial charge in [0, 0.05) is 4.47 Å². The van der Waals surface area contributed by atoms with Gasteiger partial charge in [-0.05, 0) is 30.3 Å². The van der Waals surface area contributed by atoms with Gasteiger partial charge in [-0.15, -0.1) is 0 Å². The molecule has 1 aliphatic heterocycles. The smallest absolute Gasteiger partial charge is 0.268 e. The predicted molar refractivity (Wildman–Crippen MR) is 76.7 cm³/mol. The van der Waals surface area contributed by atoms with Crippen LogP contribution in [0.2, 0.25) is 0 Å². The highest BCUT2D eigenvalue weighted by molar-refractivity contribution is 9.10. The lowest BCUT2D eigenvalue weighted by Gasteiger charge is -2.17. The number of benzene rings is 2. The highest BCUT2D eigenvalue weighted by Gasteiger charge is 2.38. The summed E-state index contributed by atoms with van der Waals surface area (Å²) in [5.74, 6) is -1.26. The average Bonchev–Trinajstić information content (AvgIpc) is 2.71. The van der Waals surface area contributed by atoms with Crippen LogP contribution in [0.4, 0.5) is 18.9 Å². The van der Waals surface area contributed by atoms with Gasteiger partial charge in [-0.3, -0.25) is 9.59 Å². The number of nitrogens with zero attached hydrogens (tertiary/aromatic N) is 1. The van der Waals surface area contributed by atoms with Gasteiger partial charge in [0.1, 0.15) is 0 Å². The van der Waals surface area contributed by atoms with Crippen molar-refractivity contribution < 1.29 is 22.8 Å². The summed E-state index contributed by atoms with van der Waals surface area (Å²) < 4.78 is 38.7. The van der Waals surface area contributed by atoms with E-state index in [0.29, 0.717) is 0 Å². The molecule has 112 valence electrons. The topological polar surface area (TPSA) is 37.4 Å². The van der Waals surface area contributed by atoms with E-state index in [1.807, 2.05) is 0 Å².